The Labute approximate surface area is 287 Å². The quantitative estimate of drug-likeness (QED) is 0.218. The lowest BCUT2D eigenvalue weighted by atomic mass is 9.44. The highest BCUT2D eigenvalue weighted by molar-refractivity contribution is 5.67. The van der Waals surface area contributed by atoms with Crippen molar-refractivity contribution in [3.8, 4) is 0 Å². The van der Waals surface area contributed by atoms with Crippen LogP contribution in [0.15, 0.2) is 0 Å². The van der Waals surface area contributed by atoms with E-state index in [-0.39, 0.29) is 71.2 Å². The van der Waals surface area contributed by atoms with Gasteiger partial charge in [0.25, 0.3) is 0 Å². The van der Waals surface area contributed by atoms with Gasteiger partial charge >= 0.3 is 23.9 Å². The molecule has 10 atom stereocenters. The summed E-state index contributed by atoms with van der Waals surface area (Å²) in [7, 11) is 2.34. The average Bonchev–Trinajstić information content (AvgIpc) is 3.30. The first-order chi connectivity index (χ1) is 22.6. The number of hydrogen-bond donors (Lipinski definition) is 0. The minimum Gasteiger partial charge on any atom is -0.462 e. The van der Waals surface area contributed by atoms with Crippen LogP contribution >= 0.6 is 0 Å². The standard InChI is InChI=1S/C38H61N2O8/c1-23(41)45-28-11-16-39(17-12-28)33-22-38(6)27(20-35(33)47-25(3)43)8-9-30-31(38)10-15-37(5)32(30)21-34(36(37)48-26(4)44)40(7)18-13-29(14-19-40)46-24(2)42/h27-36H,8-22H2,1-7H3/q+1/t27-,29?,30?,31?,32?,33-,34-,35-,36-,37-,38-,40?/m0/s1. The average molecular weight is 674 g/mol. The Morgan fingerprint density at radius 2 is 1.25 bits per heavy atom. The molecule has 2 saturated heterocycles. The third kappa shape index (κ3) is 6.66. The maximum absolute atomic E-state index is 12.7. The maximum atomic E-state index is 12.7. The molecule has 6 rings (SSSR count). The largest absolute Gasteiger partial charge is 0.462 e. The predicted octanol–water partition coefficient (Wildman–Crippen LogP) is 5.05. The van der Waals surface area contributed by atoms with Gasteiger partial charge in [0, 0.05) is 71.5 Å². The molecule has 2 heterocycles. The van der Waals surface area contributed by atoms with Crippen molar-refractivity contribution in [1.29, 1.82) is 0 Å². The Bertz CT molecular complexity index is 1240. The lowest BCUT2D eigenvalue weighted by Crippen LogP contribution is -2.62. The van der Waals surface area contributed by atoms with E-state index in [1.807, 2.05) is 0 Å². The third-order valence-electron chi connectivity index (χ3n) is 14.5. The fourth-order valence-electron chi connectivity index (χ4n) is 12.3. The van der Waals surface area contributed by atoms with Crippen LogP contribution < -0.4 is 0 Å². The first kappa shape index (κ1) is 35.6. The van der Waals surface area contributed by atoms with Gasteiger partial charge in [-0.15, -0.1) is 0 Å². The van der Waals surface area contributed by atoms with Crippen LogP contribution in [0, 0.1) is 34.5 Å². The number of nitrogens with zero attached hydrogens (tertiary/aromatic N) is 2. The fraction of sp³-hybridized carbons (Fsp3) is 0.895. The van der Waals surface area contributed by atoms with E-state index in [9.17, 15) is 19.2 Å². The number of rotatable bonds is 6. The SMILES string of the molecule is CC(=O)OC1CCN([C@H]2C[C@]3(C)C4CC[C@@]5(C)C(C[C@H]([N+]6(C)CCC(OC(C)=O)CC6)[C@@H]5OC(C)=O)C4CC[C@H]3C[C@@H]2OC(C)=O)CC1. The lowest BCUT2D eigenvalue weighted by Gasteiger charge is -2.62. The molecule has 6 fully saturated rings. The predicted molar refractivity (Wildman–Crippen MR) is 178 cm³/mol. The van der Waals surface area contributed by atoms with Crippen LogP contribution in [0.1, 0.15) is 112 Å². The van der Waals surface area contributed by atoms with Crippen molar-refractivity contribution in [2.24, 2.45) is 34.5 Å². The molecule has 10 heteroatoms. The molecule has 4 aliphatic carbocycles. The van der Waals surface area contributed by atoms with Crippen molar-refractivity contribution in [2.45, 2.75) is 149 Å². The molecular weight excluding hydrogens is 612 g/mol. The molecule has 270 valence electrons. The Balaban J connectivity index is 1.23. The number of quaternary nitrogens is 1. The van der Waals surface area contributed by atoms with Gasteiger partial charge in [0.2, 0.25) is 0 Å². The van der Waals surface area contributed by atoms with Crippen molar-refractivity contribution in [2.75, 3.05) is 33.2 Å². The summed E-state index contributed by atoms with van der Waals surface area (Å²) in [4.78, 5) is 50.8. The summed E-state index contributed by atoms with van der Waals surface area (Å²) in [5.74, 6) is 1.32. The van der Waals surface area contributed by atoms with Gasteiger partial charge in [0.1, 0.15) is 24.4 Å². The van der Waals surface area contributed by atoms with Gasteiger partial charge in [-0.1, -0.05) is 13.8 Å². The van der Waals surface area contributed by atoms with Crippen molar-refractivity contribution >= 4 is 23.9 Å². The molecule has 0 spiro atoms. The number of likely N-dealkylation sites (tertiary alicyclic amines) is 2. The number of carbonyl (C=O) groups excluding carboxylic acids is 4. The Hall–Kier alpha value is -2.20. The van der Waals surface area contributed by atoms with Gasteiger partial charge in [-0.3, -0.25) is 24.1 Å². The van der Waals surface area contributed by atoms with E-state index < -0.39 is 0 Å². The monoisotopic (exact) mass is 673 g/mol. The Morgan fingerprint density at radius 1 is 0.667 bits per heavy atom. The highest BCUT2D eigenvalue weighted by Crippen LogP contribution is 2.67. The summed E-state index contributed by atoms with van der Waals surface area (Å²) >= 11 is 0. The van der Waals surface area contributed by atoms with E-state index in [1.165, 1.54) is 27.2 Å². The summed E-state index contributed by atoms with van der Waals surface area (Å²) < 4.78 is 24.5. The zero-order valence-corrected chi connectivity index (χ0v) is 30.5. The van der Waals surface area contributed by atoms with Crippen LogP contribution in [-0.4, -0.2) is 103 Å². The summed E-state index contributed by atoms with van der Waals surface area (Å²) in [6, 6.07) is 0.394. The van der Waals surface area contributed by atoms with Crippen LogP contribution in [-0.2, 0) is 38.1 Å². The lowest BCUT2D eigenvalue weighted by molar-refractivity contribution is -0.941. The fourth-order valence-corrected chi connectivity index (χ4v) is 12.3. The van der Waals surface area contributed by atoms with Crippen molar-refractivity contribution < 1.29 is 42.6 Å². The topological polar surface area (TPSA) is 108 Å². The summed E-state index contributed by atoms with van der Waals surface area (Å²) in [6.07, 6.45) is 10.5. The molecule has 4 saturated carbocycles. The molecule has 0 amide bonds. The minimum atomic E-state index is -0.218. The summed E-state index contributed by atoms with van der Waals surface area (Å²) in [5.41, 5.74) is 0.0653. The van der Waals surface area contributed by atoms with E-state index in [2.05, 4.69) is 25.8 Å². The van der Waals surface area contributed by atoms with Crippen LogP contribution in [0.3, 0.4) is 0 Å². The molecule has 0 radical (unpaired) electrons. The molecule has 48 heavy (non-hydrogen) atoms. The highest BCUT2D eigenvalue weighted by Gasteiger charge is 2.67. The first-order valence-corrected chi connectivity index (χ1v) is 18.9. The van der Waals surface area contributed by atoms with Crippen LogP contribution in [0.25, 0.3) is 0 Å². The number of carbonyl (C=O) groups is 4. The molecule has 3 unspecified atom stereocenters. The first-order valence-electron chi connectivity index (χ1n) is 18.9. The minimum absolute atomic E-state index is 0.0257. The Morgan fingerprint density at radius 3 is 1.83 bits per heavy atom. The molecule has 0 aromatic heterocycles. The number of fused-ring (bicyclic) bond motifs is 5. The maximum Gasteiger partial charge on any atom is 0.303 e. The van der Waals surface area contributed by atoms with E-state index in [1.54, 1.807) is 6.92 Å². The second kappa shape index (κ2) is 13.5. The van der Waals surface area contributed by atoms with Gasteiger partial charge < -0.3 is 23.4 Å². The van der Waals surface area contributed by atoms with Crippen LogP contribution in [0.5, 0.6) is 0 Å². The number of piperidine rings is 2. The molecule has 0 aromatic carbocycles. The zero-order chi connectivity index (χ0) is 34.6. The van der Waals surface area contributed by atoms with Crippen LogP contribution in [0.2, 0.25) is 0 Å². The normalized spacial score (nSPS) is 44.8. The third-order valence-corrected chi connectivity index (χ3v) is 14.5. The molecule has 0 N–H and O–H groups in total. The van der Waals surface area contributed by atoms with Crippen LogP contribution in [0.4, 0.5) is 0 Å². The van der Waals surface area contributed by atoms with E-state index >= 15 is 0 Å². The number of esters is 4. The molecule has 6 aliphatic rings. The van der Waals surface area contributed by atoms with Gasteiger partial charge in [-0.25, -0.2) is 0 Å². The molecule has 0 bridgehead atoms. The molecule has 2 aliphatic heterocycles. The molecule has 10 nitrogen and oxygen atoms in total. The molecular formula is C38H61N2O8+. The Kier molecular flexibility index (Phi) is 10.0. The molecule has 0 aromatic rings. The van der Waals surface area contributed by atoms with Crippen molar-refractivity contribution in [3.05, 3.63) is 0 Å². The van der Waals surface area contributed by atoms with E-state index in [0.29, 0.717) is 23.7 Å². The van der Waals surface area contributed by atoms with Gasteiger partial charge in [0.15, 0.2) is 6.10 Å². The van der Waals surface area contributed by atoms with Crippen molar-refractivity contribution in [3.63, 3.8) is 0 Å². The number of ether oxygens (including phenoxy) is 4. The second-order valence-corrected chi connectivity index (χ2v) is 17.3. The van der Waals surface area contributed by atoms with Gasteiger partial charge in [-0.2, -0.15) is 0 Å². The van der Waals surface area contributed by atoms with E-state index in [4.69, 9.17) is 18.9 Å². The summed E-state index contributed by atoms with van der Waals surface area (Å²) in [5, 5.41) is 0. The highest BCUT2D eigenvalue weighted by atomic mass is 16.6. The zero-order valence-electron chi connectivity index (χ0n) is 30.5. The summed E-state index contributed by atoms with van der Waals surface area (Å²) in [6.45, 7) is 14.6. The van der Waals surface area contributed by atoms with Crippen molar-refractivity contribution in [1.82, 2.24) is 4.90 Å². The number of likely N-dealkylation sites (N-methyl/N-ethyl adjacent to an activating group) is 1. The smallest absolute Gasteiger partial charge is 0.303 e. The van der Waals surface area contributed by atoms with Gasteiger partial charge in [0.05, 0.1) is 20.1 Å². The van der Waals surface area contributed by atoms with E-state index in [0.717, 1.165) is 94.9 Å². The number of hydrogen-bond acceptors (Lipinski definition) is 9. The van der Waals surface area contributed by atoms with Gasteiger partial charge in [-0.05, 0) is 80.5 Å². The second-order valence-electron chi connectivity index (χ2n) is 17.3.